The van der Waals surface area contributed by atoms with Crippen LogP contribution < -0.4 is 5.73 Å². The second-order valence-corrected chi connectivity index (χ2v) is 5.20. The molecule has 3 nitrogen and oxygen atoms in total. The average Bonchev–Trinajstić information content (AvgIpc) is 2.76. The van der Waals surface area contributed by atoms with Gasteiger partial charge in [0.1, 0.15) is 0 Å². The molecular weight excluding hydrogens is 220 g/mol. The summed E-state index contributed by atoms with van der Waals surface area (Å²) in [7, 11) is 0. The van der Waals surface area contributed by atoms with Crippen molar-refractivity contribution in [2.45, 2.75) is 32.2 Å². The molecule has 1 aromatic rings. The Morgan fingerprint density at radius 3 is 3.19 bits per heavy atom. The summed E-state index contributed by atoms with van der Waals surface area (Å²) in [6.07, 6.45) is 2.99. The summed E-state index contributed by atoms with van der Waals surface area (Å²) in [5, 5.41) is 2.00. The Hall–Kier alpha value is -0.870. The zero-order valence-corrected chi connectivity index (χ0v) is 10.4. The molecule has 0 aliphatic carbocycles. The Bertz CT molecular complexity index is 375. The summed E-state index contributed by atoms with van der Waals surface area (Å²) in [4.78, 5) is 15.1. The van der Waals surface area contributed by atoms with E-state index in [0.717, 1.165) is 36.2 Å². The molecule has 2 rings (SSSR count). The number of rotatable bonds is 2. The lowest BCUT2D eigenvalue weighted by molar-refractivity contribution is 0.0713. The molecule has 0 bridgehead atoms. The van der Waals surface area contributed by atoms with Crippen molar-refractivity contribution < 1.29 is 4.79 Å². The number of hydrogen-bond donors (Lipinski definition) is 1. The second-order valence-electron chi connectivity index (χ2n) is 4.28. The first kappa shape index (κ1) is 11.6. The third-order valence-corrected chi connectivity index (χ3v) is 4.01. The van der Waals surface area contributed by atoms with E-state index < -0.39 is 0 Å². The summed E-state index contributed by atoms with van der Waals surface area (Å²) in [6, 6.07) is 2.20. The molecular formula is C12H18N2OS. The van der Waals surface area contributed by atoms with Crippen LogP contribution in [0.25, 0.3) is 0 Å². The maximum atomic E-state index is 12.3. The van der Waals surface area contributed by atoms with Gasteiger partial charge in [0.25, 0.3) is 5.91 Å². The van der Waals surface area contributed by atoms with E-state index in [1.54, 1.807) is 11.3 Å². The van der Waals surface area contributed by atoms with Gasteiger partial charge in [-0.15, -0.1) is 11.3 Å². The van der Waals surface area contributed by atoms with Crippen molar-refractivity contribution in [2.24, 2.45) is 5.73 Å². The first-order valence-electron chi connectivity index (χ1n) is 5.83. The fourth-order valence-corrected chi connectivity index (χ4v) is 3.10. The van der Waals surface area contributed by atoms with Crippen LogP contribution in [0, 0.1) is 0 Å². The minimum Gasteiger partial charge on any atom is -0.336 e. The van der Waals surface area contributed by atoms with Gasteiger partial charge in [-0.25, -0.2) is 0 Å². The largest absolute Gasteiger partial charge is 0.336 e. The van der Waals surface area contributed by atoms with E-state index in [4.69, 9.17) is 5.73 Å². The first-order chi connectivity index (χ1) is 7.72. The van der Waals surface area contributed by atoms with Crippen LogP contribution in [0.15, 0.2) is 11.4 Å². The number of piperidine rings is 1. The molecule has 16 heavy (non-hydrogen) atoms. The smallest absolute Gasteiger partial charge is 0.264 e. The molecule has 88 valence electrons. The van der Waals surface area contributed by atoms with Crippen molar-refractivity contribution in [3.63, 3.8) is 0 Å². The van der Waals surface area contributed by atoms with Crippen LogP contribution in [-0.4, -0.2) is 29.9 Å². The van der Waals surface area contributed by atoms with Crippen LogP contribution in [0.5, 0.6) is 0 Å². The first-order valence-corrected chi connectivity index (χ1v) is 6.71. The van der Waals surface area contributed by atoms with Crippen molar-refractivity contribution in [1.29, 1.82) is 0 Å². The maximum Gasteiger partial charge on any atom is 0.264 e. The molecule has 2 heterocycles. The Morgan fingerprint density at radius 2 is 2.50 bits per heavy atom. The minimum absolute atomic E-state index is 0.155. The molecule has 0 aromatic carbocycles. The molecule has 1 aliphatic rings. The van der Waals surface area contributed by atoms with Gasteiger partial charge in [0.05, 0.1) is 4.88 Å². The lowest BCUT2D eigenvalue weighted by Crippen LogP contribution is -2.45. The van der Waals surface area contributed by atoms with Crippen molar-refractivity contribution in [3.05, 3.63) is 21.9 Å². The highest BCUT2D eigenvalue weighted by molar-refractivity contribution is 7.12. The molecule has 1 aliphatic heterocycles. The minimum atomic E-state index is 0.155. The third kappa shape index (κ3) is 2.28. The van der Waals surface area contributed by atoms with Gasteiger partial charge >= 0.3 is 0 Å². The predicted molar refractivity (Wildman–Crippen MR) is 66.8 cm³/mol. The number of likely N-dealkylation sites (tertiary alicyclic amines) is 1. The van der Waals surface area contributed by atoms with Crippen molar-refractivity contribution in [3.8, 4) is 0 Å². The van der Waals surface area contributed by atoms with Crippen LogP contribution in [0.4, 0.5) is 0 Å². The van der Waals surface area contributed by atoms with Gasteiger partial charge in [-0.05, 0) is 36.3 Å². The van der Waals surface area contributed by atoms with Gasteiger partial charge in [0, 0.05) is 19.1 Å². The van der Waals surface area contributed by atoms with Crippen LogP contribution in [-0.2, 0) is 6.42 Å². The zero-order valence-electron chi connectivity index (χ0n) is 9.61. The molecule has 1 unspecified atom stereocenters. The number of nitrogens with zero attached hydrogens (tertiary/aromatic N) is 1. The van der Waals surface area contributed by atoms with Gasteiger partial charge < -0.3 is 10.6 Å². The predicted octanol–water partition coefficient (Wildman–Crippen LogP) is 1.87. The van der Waals surface area contributed by atoms with Gasteiger partial charge in [-0.1, -0.05) is 6.92 Å². The number of hydrogen-bond acceptors (Lipinski definition) is 3. The van der Waals surface area contributed by atoms with Crippen LogP contribution in [0.1, 0.15) is 35.0 Å². The van der Waals surface area contributed by atoms with Crippen LogP contribution >= 0.6 is 11.3 Å². The van der Waals surface area contributed by atoms with Gasteiger partial charge in [-0.3, -0.25) is 4.79 Å². The third-order valence-electron chi connectivity index (χ3n) is 3.07. The van der Waals surface area contributed by atoms with Gasteiger partial charge in [0.15, 0.2) is 0 Å². The SMILES string of the molecule is CCc1ccsc1C(=O)N1CCCC(N)C1. The molecule has 2 N–H and O–H groups in total. The highest BCUT2D eigenvalue weighted by Crippen LogP contribution is 2.21. The fourth-order valence-electron chi connectivity index (χ4n) is 2.14. The number of thiophene rings is 1. The number of amides is 1. The summed E-state index contributed by atoms with van der Waals surface area (Å²) in [5.41, 5.74) is 7.06. The average molecular weight is 238 g/mol. The Balaban J connectivity index is 2.12. The number of carbonyl (C=O) groups is 1. The molecule has 0 saturated carbocycles. The second kappa shape index (κ2) is 4.97. The van der Waals surface area contributed by atoms with Crippen molar-refractivity contribution in [1.82, 2.24) is 4.90 Å². The standard InChI is InChI=1S/C12H18N2OS/c1-2-9-5-7-16-11(9)12(15)14-6-3-4-10(13)8-14/h5,7,10H,2-4,6,8,13H2,1H3. The van der Waals surface area contributed by atoms with E-state index in [1.807, 2.05) is 16.3 Å². The number of carbonyl (C=O) groups excluding carboxylic acids is 1. The van der Waals surface area contributed by atoms with Crippen LogP contribution in [0.3, 0.4) is 0 Å². The quantitative estimate of drug-likeness (QED) is 0.855. The van der Waals surface area contributed by atoms with E-state index in [0.29, 0.717) is 6.54 Å². The van der Waals surface area contributed by atoms with E-state index in [9.17, 15) is 4.79 Å². The van der Waals surface area contributed by atoms with E-state index in [1.165, 1.54) is 0 Å². The molecule has 1 aromatic heterocycles. The highest BCUT2D eigenvalue weighted by Gasteiger charge is 2.24. The lowest BCUT2D eigenvalue weighted by Gasteiger charge is -2.30. The van der Waals surface area contributed by atoms with Crippen molar-refractivity contribution >= 4 is 17.2 Å². The highest BCUT2D eigenvalue weighted by atomic mass is 32.1. The Morgan fingerprint density at radius 1 is 1.69 bits per heavy atom. The summed E-state index contributed by atoms with van der Waals surface area (Å²) in [6.45, 7) is 3.65. The Labute approximate surface area is 100 Å². The zero-order chi connectivity index (χ0) is 11.5. The topological polar surface area (TPSA) is 46.3 Å². The number of aryl methyl sites for hydroxylation is 1. The molecule has 1 saturated heterocycles. The van der Waals surface area contributed by atoms with Gasteiger partial charge in [-0.2, -0.15) is 0 Å². The summed E-state index contributed by atoms with van der Waals surface area (Å²) in [5.74, 6) is 0.169. The van der Waals surface area contributed by atoms with Crippen molar-refractivity contribution in [2.75, 3.05) is 13.1 Å². The maximum absolute atomic E-state index is 12.3. The van der Waals surface area contributed by atoms with Gasteiger partial charge in [0.2, 0.25) is 0 Å². The van der Waals surface area contributed by atoms with Crippen LogP contribution in [0.2, 0.25) is 0 Å². The molecule has 1 fully saturated rings. The summed E-state index contributed by atoms with van der Waals surface area (Å²) < 4.78 is 0. The molecule has 1 atom stereocenters. The normalized spacial score (nSPS) is 21.1. The molecule has 4 heteroatoms. The van der Waals surface area contributed by atoms with E-state index >= 15 is 0 Å². The number of nitrogens with two attached hydrogens (primary N) is 1. The monoisotopic (exact) mass is 238 g/mol. The van der Waals surface area contributed by atoms with E-state index in [2.05, 4.69) is 6.92 Å². The lowest BCUT2D eigenvalue weighted by atomic mass is 10.1. The Kier molecular flexibility index (Phi) is 3.61. The fraction of sp³-hybridized carbons (Fsp3) is 0.583. The molecule has 0 radical (unpaired) electrons. The summed E-state index contributed by atoms with van der Waals surface area (Å²) >= 11 is 1.55. The van der Waals surface area contributed by atoms with E-state index in [-0.39, 0.29) is 11.9 Å². The molecule has 1 amide bonds. The molecule has 0 spiro atoms.